The molecule has 0 spiro atoms. The number of carbonyl (C=O) groups excluding carboxylic acids is 1. The number of amides is 1. The van der Waals surface area contributed by atoms with Gasteiger partial charge in [0.2, 0.25) is 5.91 Å². The molecule has 6 heteroatoms. The van der Waals surface area contributed by atoms with Crippen LogP contribution in [0.25, 0.3) is 0 Å². The molecule has 1 aromatic carbocycles. The molecule has 1 amide bonds. The summed E-state index contributed by atoms with van der Waals surface area (Å²) in [6.07, 6.45) is 0.969. The third-order valence-electron chi connectivity index (χ3n) is 2.67. The Balaban J connectivity index is 2.28. The summed E-state index contributed by atoms with van der Waals surface area (Å²) in [6.45, 7) is 0.559. The van der Waals surface area contributed by atoms with Gasteiger partial charge in [0.25, 0.3) is 0 Å². The zero-order valence-electron chi connectivity index (χ0n) is 11.2. The number of halogens is 2. The highest BCUT2D eigenvalue weighted by Gasteiger charge is 2.09. The van der Waals surface area contributed by atoms with Crippen molar-refractivity contribution in [3.8, 4) is 11.8 Å². The first-order chi connectivity index (χ1) is 9.54. The lowest BCUT2D eigenvalue weighted by Crippen LogP contribution is -2.27. The van der Waals surface area contributed by atoms with Gasteiger partial charge in [-0.05, 0) is 18.6 Å². The van der Waals surface area contributed by atoms with Gasteiger partial charge < -0.3 is 9.64 Å². The molecule has 0 heterocycles. The van der Waals surface area contributed by atoms with Crippen LogP contribution in [0.15, 0.2) is 18.2 Å². The number of ether oxygens (including phenoxy) is 1. The number of rotatable bonds is 7. The minimum absolute atomic E-state index is 0.0308. The lowest BCUT2D eigenvalue weighted by molar-refractivity contribution is -0.130. The molecule has 1 rings (SSSR count). The van der Waals surface area contributed by atoms with Crippen molar-refractivity contribution < 1.29 is 18.3 Å². The third-order valence-corrected chi connectivity index (χ3v) is 2.67. The Hall–Kier alpha value is -2.16. The molecule has 0 saturated heterocycles. The summed E-state index contributed by atoms with van der Waals surface area (Å²) in [5, 5.41) is 8.41. The van der Waals surface area contributed by atoms with E-state index in [0.29, 0.717) is 19.4 Å². The summed E-state index contributed by atoms with van der Waals surface area (Å²) in [5.74, 6) is -1.55. The summed E-state index contributed by atoms with van der Waals surface area (Å²) < 4.78 is 31.0. The van der Waals surface area contributed by atoms with Gasteiger partial charge in [-0.2, -0.15) is 5.26 Å². The van der Waals surface area contributed by atoms with E-state index in [2.05, 4.69) is 0 Å². The Kier molecular flexibility index (Phi) is 6.44. The standard InChI is InChI=1S/C14H16F2N2O2/c1-18(8-3-7-17)14(19)4-2-9-20-13-6-5-11(15)10-12(13)16/h5-6,10H,2-4,8-9H2,1H3. The van der Waals surface area contributed by atoms with Gasteiger partial charge in [-0.1, -0.05) is 0 Å². The van der Waals surface area contributed by atoms with Crippen LogP contribution in [0.3, 0.4) is 0 Å². The van der Waals surface area contributed by atoms with E-state index in [-0.39, 0.29) is 24.7 Å². The van der Waals surface area contributed by atoms with Crippen molar-refractivity contribution in [3.05, 3.63) is 29.8 Å². The first-order valence-corrected chi connectivity index (χ1v) is 6.23. The van der Waals surface area contributed by atoms with Crippen LogP contribution in [0.2, 0.25) is 0 Å². The highest BCUT2D eigenvalue weighted by molar-refractivity contribution is 5.75. The molecule has 0 aliphatic heterocycles. The van der Waals surface area contributed by atoms with E-state index in [4.69, 9.17) is 10.00 Å². The maximum Gasteiger partial charge on any atom is 0.222 e. The number of carbonyl (C=O) groups is 1. The van der Waals surface area contributed by atoms with E-state index in [1.165, 1.54) is 11.0 Å². The number of hydrogen-bond donors (Lipinski definition) is 0. The van der Waals surface area contributed by atoms with Gasteiger partial charge in [0.15, 0.2) is 11.6 Å². The molecule has 0 bridgehead atoms. The second-order valence-corrected chi connectivity index (χ2v) is 4.25. The smallest absolute Gasteiger partial charge is 0.222 e. The van der Waals surface area contributed by atoms with E-state index < -0.39 is 11.6 Å². The highest BCUT2D eigenvalue weighted by atomic mass is 19.1. The average Bonchev–Trinajstić information content (AvgIpc) is 2.42. The van der Waals surface area contributed by atoms with E-state index in [1.54, 1.807) is 7.05 Å². The maximum atomic E-state index is 13.2. The zero-order chi connectivity index (χ0) is 15.0. The first-order valence-electron chi connectivity index (χ1n) is 6.23. The van der Waals surface area contributed by atoms with Crippen molar-refractivity contribution in [1.82, 2.24) is 4.90 Å². The van der Waals surface area contributed by atoms with E-state index in [1.807, 2.05) is 6.07 Å². The van der Waals surface area contributed by atoms with Crippen LogP contribution in [0.1, 0.15) is 19.3 Å². The van der Waals surface area contributed by atoms with E-state index in [0.717, 1.165) is 12.1 Å². The molecule has 0 aliphatic rings. The van der Waals surface area contributed by atoms with Gasteiger partial charge in [-0.15, -0.1) is 0 Å². The first kappa shape index (κ1) is 15.9. The largest absolute Gasteiger partial charge is 0.491 e. The lowest BCUT2D eigenvalue weighted by Gasteiger charge is -2.15. The van der Waals surface area contributed by atoms with Gasteiger partial charge in [0, 0.05) is 26.1 Å². The molecule has 20 heavy (non-hydrogen) atoms. The molecule has 0 atom stereocenters. The minimum Gasteiger partial charge on any atom is -0.491 e. The maximum absolute atomic E-state index is 13.2. The molecular formula is C14H16F2N2O2. The third kappa shape index (κ3) is 5.22. The Morgan fingerprint density at radius 1 is 1.45 bits per heavy atom. The summed E-state index contributed by atoms with van der Waals surface area (Å²) in [4.78, 5) is 13.1. The normalized spacial score (nSPS) is 9.90. The topological polar surface area (TPSA) is 53.3 Å². The molecule has 0 N–H and O–H groups in total. The van der Waals surface area contributed by atoms with E-state index >= 15 is 0 Å². The Labute approximate surface area is 116 Å². The molecule has 0 radical (unpaired) electrons. The molecule has 0 saturated carbocycles. The van der Waals surface area contributed by atoms with E-state index in [9.17, 15) is 13.6 Å². The predicted octanol–water partition coefficient (Wildman–Crippen LogP) is 2.50. The fourth-order valence-corrected chi connectivity index (χ4v) is 1.53. The zero-order valence-corrected chi connectivity index (χ0v) is 11.2. The molecule has 1 aromatic rings. The molecule has 0 aliphatic carbocycles. The van der Waals surface area contributed by atoms with Gasteiger partial charge in [-0.3, -0.25) is 4.79 Å². The van der Waals surface area contributed by atoms with Crippen LogP contribution in [0, 0.1) is 23.0 Å². The number of nitriles is 1. The number of hydrogen-bond acceptors (Lipinski definition) is 3. The Bertz CT molecular complexity index is 500. The van der Waals surface area contributed by atoms with Gasteiger partial charge >= 0.3 is 0 Å². The molecule has 4 nitrogen and oxygen atoms in total. The molecule has 0 unspecified atom stereocenters. The van der Waals surface area contributed by atoms with Crippen molar-refractivity contribution in [3.63, 3.8) is 0 Å². The summed E-state index contributed by atoms with van der Waals surface area (Å²) >= 11 is 0. The lowest BCUT2D eigenvalue weighted by atomic mass is 10.3. The molecular weight excluding hydrogens is 266 g/mol. The SMILES string of the molecule is CN(CCC#N)C(=O)CCCOc1ccc(F)cc1F. The average molecular weight is 282 g/mol. The van der Waals surface area contributed by atoms with Crippen molar-refractivity contribution in [2.24, 2.45) is 0 Å². The van der Waals surface area contributed by atoms with Crippen LogP contribution >= 0.6 is 0 Å². The fraction of sp³-hybridized carbons (Fsp3) is 0.429. The Morgan fingerprint density at radius 3 is 2.85 bits per heavy atom. The predicted molar refractivity (Wildman–Crippen MR) is 69.0 cm³/mol. The summed E-state index contributed by atoms with van der Waals surface area (Å²) in [6, 6.07) is 5.03. The van der Waals surface area contributed by atoms with Crippen molar-refractivity contribution in [2.45, 2.75) is 19.3 Å². The van der Waals surface area contributed by atoms with Gasteiger partial charge in [0.1, 0.15) is 5.82 Å². The van der Waals surface area contributed by atoms with Crippen LogP contribution < -0.4 is 4.74 Å². The molecule has 0 aromatic heterocycles. The van der Waals surface area contributed by atoms with Crippen molar-refractivity contribution in [2.75, 3.05) is 20.2 Å². The Morgan fingerprint density at radius 2 is 2.20 bits per heavy atom. The van der Waals surface area contributed by atoms with Crippen LogP contribution in [-0.4, -0.2) is 31.0 Å². The second-order valence-electron chi connectivity index (χ2n) is 4.25. The number of nitrogens with zero attached hydrogens (tertiary/aromatic N) is 2. The van der Waals surface area contributed by atoms with Crippen molar-refractivity contribution >= 4 is 5.91 Å². The quantitative estimate of drug-likeness (QED) is 0.722. The highest BCUT2D eigenvalue weighted by Crippen LogP contribution is 2.17. The molecule has 108 valence electrons. The summed E-state index contributed by atoms with van der Waals surface area (Å²) in [5.41, 5.74) is 0. The van der Waals surface area contributed by atoms with Gasteiger partial charge in [0.05, 0.1) is 19.1 Å². The monoisotopic (exact) mass is 282 g/mol. The van der Waals surface area contributed by atoms with Crippen LogP contribution in [-0.2, 0) is 4.79 Å². The fourth-order valence-electron chi connectivity index (χ4n) is 1.53. The van der Waals surface area contributed by atoms with Crippen LogP contribution in [0.5, 0.6) is 5.75 Å². The van der Waals surface area contributed by atoms with Crippen molar-refractivity contribution in [1.29, 1.82) is 5.26 Å². The second kappa shape index (κ2) is 8.10. The molecule has 0 fully saturated rings. The van der Waals surface area contributed by atoms with Gasteiger partial charge in [-0.25, -0.2) is 8.78 Å². The summed E-state index contributed by atoms with van der Waals surface area (Å²) in [7, 11) is 1.63. The van der Waals surface area contributed by atoms with Crippen LogP contribution in [0.4, 0.5) is 8.78 Å². The minimum atomic E-state index is -0.762. The number of benzene rings is 1.